The van der Waals surface area contributed by atoms with E-state index in [1.54, 1.807) is 0 Å². The van der Waals surface area contributed by atoms with E-state index in [1.807, 2.05) is 11.3 Å². The topological polar surface area (TPSA) is 34.5 Å². The van der Waals surface area contributed by atoms with Crippen molar-refractivity contribution in [2.45, 2.75) is 104 Å². The average Bonchev–Trinajstić information content (AvgIpc) is 4.04. The van der Waals surface area contributed by atoms with Gasteiger partial charge in [-0.05, 0) is 128 Å². The van der Waals surface area contributed by atoms with Crippen LogP contribution in [0.5, 0.6) is 0 Å². The quantitative estimate of drug-likeness (QED) is 0.154. The molecule has 0 bridgehead atoms. The van der Waals surface area contributed by atoms with E-state index in [-0.39, 0.29) is 28.5 Å². The van der Waals surface area contributed by atoms with Gasteiger partial charge in [0.15, 0.2) is 0 Å². The third-order valence-corrected chi connectivity index (χ3v) is 17.3. The number of furan rings is 2. The third-order valence-electron chi connectivity index (χ3n) is 16.1. The molecule has 0 unspecified atom stereocenters. The van der Waals surface area contributed by atoms with Gasteiger partial charge in [-0.1, -0.05) is 124 Å². The van der Waals surface area contributed by atoms with Crippen LogP contribution in [0, 0.1) is 0 Å². The second-order valence-corrected chi connectivity index (χ2v) is 24.2. The molecule has 0 N–H and O–H groups in total. The number of para-hydroxylation sites is 1. The maximum absolute atomic E-state index is 7.52. The first-order valence-corrected chi connectivity index (χ1v) is 24.7. The lowest BCUT2D eigenvalue weighted by Gasteiger charge is -2.42. The van der Waals surface area contributed by atoms with E-state index in [1.165, 1.54) is 91.9 Å². The van der Waals surface area contributed by atoms with Crippen molar-refractivity contribution in [1.82, 2.24) is 4.57 Å². The van der Waals surface area contributed by atoms with Crippen molar-refractivity contribution in [2.75, 3.05) is 4.81 Å². The summed E-state index contributed by atoms with van der Waals surface area (Å²) in [5.41, 5.74) is 19.0. The summed E-state index contributed by atoms with van der Waals surface area (Å²) in [5, 5.41) is 8.52. The van der Waals surface area contributed by atoms with Crippen LogP contribution in [-0.4, -0.2) is 11.4 Å². The van der Waals surface area contributed by atoms with Crippen molar-refractivity contribution < 1.29 is 8.83 Å². The largest absolute Gasteiger partial charge is 0.466 e. The molecule has 14 rings (SSSR count). The molecule has 6 heterocycles. The molecular weight excluding hydrogens is 824 g/mol. The van der Waals surface area contributed by atoms with Gasteiger partial charge in [0.2, 0.25) is 0 Å². The predicted octanol–water partition coefficient (Wildman–Crippen LogP) is 16.0. The van der Waals surface area contributed by atoms with Crippen molar-refractivity contribution in [3.8, 4) is 16.8 Å². The molecule has 2 aliphatic heterocycles. The van der Waals surface area contributed by atoms with Gasteiger partial charge in [0, 0.05) is 58.7 Å². The number of hydrogen-bond donors (Lipinski definition) is 0. The first kappa shape index (κ1) is 39.0. The SMILES string of the molecule is CC(C)(C)c1ccc(N2B3c4oc5ccc(C(C)(C)C)cc5c4-n4c5cc6c(cc5c5c7oc8ccccc8c7c(c3c54)-c3cc4c(cc32)sc2ccccc24)C(C)(C)CCC6(C)C)cc1. The fourth-order valence-electron chi connectivity index (χ4n) is 12.4. The number of benzene rings is 7. The van der Waals surface area contributed by atoms with Gasteiger partial charge < -0.3 is 18.2 Å². The minimum Gasteiger partial charge on any atom is -0.466 e. The van der Waals surface area contributed by atoms with Crippen molar-refractivity contribution in [2.24, 2.45) is 0 Å². The van der Waals surface area contributed by atoms with Crippen molar-refractivity contribution >= 4 is 116 Å². The molecule has 66 heavy (non-hydrogen) atoms. The van der Waals surface area contributed by atoms with Gasteiger partial charge in [-0.2, -0.15) is 0 Å². The lowest BCUT2D eigenvalue weighted by atomic mass is 9.46. The van der Waals surface area contributed by atoms with Crippen LogP contribution in [0.1, 0.15) is 104 Å². The summed E-state index contributed by atoms with van der Waals surface area (Å²) in [6, 6.07) is 44.1. The molecule has 0 saturated heterocycles. The molecule has 0 saturated carbocycles. The van der Waals surface area contributed by atoms with Crippen LogP contribution in [0.25, 0.3) is 91.7 Å². The van der Waals surface area contributed by atoms with Gasteiger partial charge >= 0.3 is 6.85 Å². The highest BCUT2D eigenvalue weighted by Gasteiger charge is 2.50. The molecule has 7 aromatic carbocycles. The summed E-state index contributed by atoms with van der Waals surface area (Å²) >= 11 is 1.89. The Balaban J connectivity index is 1.25. The molecule has 0 radical (unpaired) electrons. The second-order valence-electron chi connectivity index (χ2n) is 23.1. The van der Waals surface area contributed by atoms with E-state index in [2.05, 4.69) is 194 Å². The van der Waals surface area contributed by atoms with Crippen molar-refractivity contribution in [3.05, 3.63) is 138 Å². The maximum atomic E-state index is 7.52. The number of aromatic nitrogens is 1. The van der Waals surface area contributed by atoms with E-state index in [4.69, 9.17) is 8.83 Å². The standard InChI is InChI=1S/C60H53BN2O2S/c1-57(2,3)32-19-22-34(23-20-32)63-44-31-48-37(35-15-12-14-18-47(35)66-48)28-38(44)49-50-36-16-11-13-17-45(36)64-55(50)51-39-29-41-42(60(9,10)26-25-59(41,7)8)30-43(39)62-53-40-27-33(58(4,5)6)21-24-46(40)65-56(53)61(63)52(49)54(51)62/h11-24,27-31H,25-26H2,1-10H3. The summed E-state index contributed by atoms with van der Waals surface area (Å²) in [4.78, 5) is 2.63. The molecule has 324 valence electrons. The number of hydrogen-bond acceptors (Lipinski definition) is 4. The van der Waals surface area contributed by atoms with Crippen LogP contribution in [0.3, 0.4) is 0 Å². The Hall–Kier alpha value is -6.24. The van der Waals surface area contributed by atoms with Crippen LogP contribution in [0.15, 0.2) is 124 Å². The minimum absolute atomic E-state index is 0.0129. The Morgan fingerprint density at radius 1 is 0.591 bits per heavy atom. The van der Waals surface area contributed by atoms with Crippen molar-refractivity contribution in [1.29, 1.82) is 0 Å². The van der Waals surface area contributed by atoms with Gasteiger partial charge in [-0.3, -0.25) is 0 Å². The summed E-state index contributed by atoms with van der Waals surface area (Å²) < 4.78 is 20.1. The maximum Gasteiger partial charge on any atom is 0.376 e. The summed E-state index contributed by atoms with van der Waals surface area (Å²) in [6.45, 7) is 23.4. The van der Waals surface area contributed by atoms with E-state index >= 15 is 0 Å². The smallest absolute Gasteiger partial charge is 0.376 e. The van der Waals surface area contributed by atoms with E-state index < -0.39 is 0 Å². The molecule has 0 atom stereocenters. The molecule has 11 aromatic rings. The van der Waals surface area contributed by atoms with Crippen LogP contribution in [-0.2, 0) is 21.7 Å². The molecule has 0 amide bonds. The molecule has 1 aliphatic carbocycles. The summed E-state index contributed by atoms with van der Waals surface area (Å²) in [6.07, 6.45) is 2.29. The Morgan fingerprint density at radius 2 is 1.26 bits per heavy atom. The minimum atomic E-state index is -0.278. The van der Waals surface area contributed by atoms with Gasteiger partial charge in [-0.25, -0.2) is 0 Å². The number of rotatable bonds is 1. The average molecular weight is 877 g/mol. The Morgan fingerprint density at radius 3 is 2.00 bits per heavy atom. The van der Waals surface area contributed by atoms with Crippen LogP contribution >= 0.6 is 11.3 Å². The van der Waals surface area contributed by atoms with Gasteiger partial charge in [-0.15, -0.1) is 11.3 Å². The number of nitrogens with zero attached hydrogens (tertiary/aromatic N) is 2. The normalized spacial score (nSPS) is 16.4. The Kier molecular flexibility index (Phi) is 7.32. The van der Waals surface area contributed by atoms with E-state index in [9.17, 15) is 0 Å². The lowest BCUT2D eigenvalue weighted by Crippen LogP contribution is -2.60. The monoisotopic (exact) mass is 876 g/mol. The van der Waals surface area contributed by atoms with Crippen molar-refractivity contribution in [3.63, 3.8) is 0 Å². The third kappa shape index (κ3) is 4.96. The Labute approximate surface area is 389 Å². The highest BCUT2D eigenvalue weighted by atomic mass is 32.1. The number of thiophene rings is 1. The fourth-order valence-corrected chi connectivity index (χ4v) is 13.5. The molecule has 4 aromatic heterocycles. The van der Waals surface area contributed by atoms with Crippen LogP contribution < -0.4 is 15.9 Å². The van der Waals surface area contributed by atoms with Crippen LogP contribution in [0.2, 0.25) is 0 Å². The van der Waals surface area contributed by atoms with Gasteiger partial charge in [0.1, 0.15) is 22.4 Å². The zero-order valence-corrected chi connectivity index (χ0v) is 40.4. The van der Waals surface area contributed by atoms with Gasteiger partial charge in [0.05, 0.1) is 22.1 Å². The first-order chi connectivity index (χ1) is 31.5. The molecule has 0 fully saturated rings. The zero-order chi connectivity index (χ0) is 45.1. The summed E-state index contributed by atoms with van der Waals surface area (Å²) in [5.74, 6) is 0. The molecule has 6 heteroatoms. The van der Waals surface area contributed by atoms with Crippen LogP contribution in [0.4, 0.5) is 11.4 Å². The number of anilines is 2. The lowest BCUT2D eigenvalue weighted by molar-refractivity contribution is 0.332. The van der Waals surface area contributed by atoms with E-state index in [0.29, 0.717) is 0 Å². The Bertz CT molecular complexity index is 3970. The van der Waals surface area contributed by atoms with E-state index in [0.717, 1.165) is 57.4 Å². The second kappa shape index (κ2) is 12.4. The first-order valence-electron chi connectivity index (χ1n) is 23.9. The molecular formula is C60H53BN2O2S. The highest BCUT2D eigenvalue weighted by Crippen LogP contribution is 2.55. The predicted molar refractivity (Wildman–Crippen MR) is 282 cm³/mol. The highest BCUT2D eigenvalue weighted by molar-refractivity contribution is 7.25. The zero-order valence-electron chi connectivity index (χ0n) is 39.6. The van der Waals surface area contributed by atoms with Gasteiger partial charge in [0.25, 0.3) is 0 Å². The fraction of sp³-hybridized carbons (Fsp3) is 0.267. The number of fused-ring (bicyclic) bond motifs is 19. The molecule has 4 nitrogen and oxygen atoms in total. The molecule has 3 aliphatic rings. The molecule has 0 spiro atoms. The summed E-state index contributed by atoms with van der Waals surface area (Å²) in [7, 11) is 0.